The summed E-state index contributed by atoms with van der Waals surface area (Å²) in [5, 5.41) is 9.71. The SMILES string of the molecule is CCOc1cc(/C=C(\C#N)C(=O)N2CCc3ccccc32)ccc1OCCSc1ccccc1. The Morgan fingerprint density at radius 2 is 1.85 bits per heavy atom. The van der Waals surface area contributed by atoms with Crippen molar-refractivity contribution >= 4 is 29.4 Å². The summed E-state index contributed by atoms with van der Waals surface area (Å²) in [6.45, 7) is 3.50. The van der Waals surface area contributed by atoms with E-state index in [2.05, 4.69) is 18.2 Å². The standard InChI is InChI=1S/C28H26N2O3S/c1-2-32-27-19-21(12-13-26(27)33-16-17-34-24-9-4-3-5-10-24)18-23(20-29)28(31)30-15-14-22-8-6-7-11-25(22)30/h3-13,18-19H,2,14-17H2,1H3/b23-18+. The van der Waals surface area contributed by atoms with Gasteiger partial charge in [0, 0.05) is 22.9 Å². The van der Waals surface area contributed by atoms with Crippen molar-refractivity contribution < 1.29 is 14.3 Å². The second-order valence-electron chi connectivity index (χ2n) is 7.65. The molecule has 0 saturated carbocycles. The number of carbonyl (C=O) groups excluding carboxylic acids is 1. The first-order valence-corrected chi connectivity index (χ1v) is 12.3. The molecule has 0 aliphatic carbocycles. The van der Waals surface area contributed by atoms with Gasteiger partial charge in [-0.05, 0) is 60.9 Å². The maximum absolute atomic E-state index is 13.1. The molecule has 3 aromatic rings. The number of hydrogen-bond donors (Lipinski definition) is 0. The van der Waals surface area contributed by atoms with Crippen LogP contribution >= 0.6 is 11.8 Å². The van der Waals surface area contributed by atoms with Crippen LogP contribution in [0, 0.1) is 11.3 Å². The fourth-order valence-corrected chi connectivity index (χ4v) is 4.58. The van der Waals surface area contributed by atoms with Gasteiger partial charge in [-0.2, -0.15) is 5.26 Å². The van der Waals surface area contributed by atoms with E-state index in [1.54, 1.807) is 22.7 Å². The van der Waals surface area contributed by atoms with E-state index in [1.165, 1.54) is 4.90 Å². The molecule has 1 heterocycles. The van der Waals surface area contributed by atoms with Crippen LogP contribution < -0.4 is 14.4 Å². The zero-order valence-corrected chi connectivity index (χ0v) is 19.9. The van der Waals surface area contributed by atoms with Crippen molar-refractivity contribution in [3.05, 3.63) is 89.5 Å². The van der Waals surface area contributed by atoms with Gasteiger partial charge in [-0.25, -0.2) is 0 Å². The Labute approximate surface area is 204 Å². The van der Waals surface area contributed by atoms with E-state index >= 15 is 0 Å². The summed E-state index contributed by atoms with van der Waals surface area (Å²) < 4.78 is 11.7. The van der Waals surface area contributed by atoms with E-state index in [4.69, 9.17) is 9.47 Å². The summed E-state index contributed by atoms with van der Waals surface area (Å²) in [4.78, 5) is 16.0. The van der Waals surface area contributed by atoms with E-state index in [1.807, 2.05) is 67.6 Å². The number of hydrogen-bond acceptors (Lipinski definition) is 5. The van der Waals surface area contributed by atoms with Crippen LogP contribution in [-0.4, -0.2) is 31.4 Å². The maximum atomic E-state index is 13.1. The predicted octanol–water partition coefficient (Wildman–Crippen LogP) is 5.75. The van der Waals surface area contributed by atoms with Gasteiger partial charge in [0.15, 0.2) is 11.5 Å². The Morgan fingerprint density at radius 1 is 1.06 bits per heavy atom. The third-order valence-electron chi connectivity index (χ3n) is 5.41. The molecule has 0 saturated heterocycles. The van der Waals surface area contributed by atoms with Crippen molar-refractivity contribution in [3.63, 3.8) is 0 Å². The minimum atomic E-state index is -0.288. The maximum Gasteiger partial charge on any atom is 0.268 e. The van der Waals surface area contributed by atoms with Crippen molar-refractivity contribution in [2.75, 3.05) is 30.4 Å². The molecule has 0 fully saturated rings. The first-order chi connectivity index (χ1) is 16.7. The predicted molar refractivity (Wildman–Crippen MR) is 136 cm³/mol. The van der Waals surface area contributed by atoms with Crippen molar-refractivity contribution in [3.8, 4) is 17.6 Å². The Morgan fingerprint density at radius 3 is 2.65 bits per heavy atom. The molecule has 6 heteroatoms. The molecule has 0 unspecified atom stereocenters. The minimum absolute atomic E-state index is 0.0899. The number of thioether (sulfide) groups is 1. The highest BCUT2D eigenvalue weighted by molar-refractivity contribution is 7.99. The number of amides is 1. The number of rotatable bonds is 9. The fourth-order valence-electron chi connectivity index (χ4n) is 3.83. The molecule has 1 aliphatic heterocycles. The van der Waals surface area contributed by atoms with Gasteiger partial charge in [0.2, 0.25) is 0 Å². The first-order valence-electron chi connectivity index (χ1n) is 11.3. The van der Waals surface area contributed by atoms with Crippen molar-refractivity contribution in [2.45, 2.75) is 18.2 Å². The van der Waals surface area contributed by atoms with Crippen LogP contribution in [-0.2, 0) is 11.2 Å². The van der Waals surface area contributed by atoms with Crippen molar-refractivity contribution in [1.29, 1.82) is 5.26 Å². The number of nitriles is 1. The van der Waals surface area contributed by atoms with Crippen LogP contribution in [0.15, 0.2) is 83.3 Å². The number of benzene rings is 3. The highest BCUT2D eigenvalue weighted by atomic mass is 32.2. The van der Waals surface area contributed by atoms with Crippen LogP contribution in [0.3, 0.4) is 0 Å². The number of ether oxygens (including phenoxy) is 2. The van der Waals surface area contributed by atoms with E-state index in [0.717, 1.165) is 23.4 Å². The molecule has 0 aromatic heterocycles. The number of carbonyl (C=O) groups is 1. The average Bonchev–Trinajstić information content (AvgIpc) is 3.31. The van der Waals surface area contributed by atoms with Gasteiger partial charge in [0.25, 0.3) is 5.91 Å². The second kappa shape index (κ2) is 11.4. The van der Waals surface area contributed by atoms with Gasteiger partial charge >= 0.3 is 0 Å². The van der Waals surface area contributed by atoms with Crippen LogP contribution in [0.25, 0.3) is 6.08 Å². The van der Waals surface area contributed by atoms with Gasteiger partial charge in [-0.15, -0.1) is 11.8 Å². The Balaban J connectivity index is 1.46. The molecule has 3 aromatic carbocycles. The lowest BCUT2D eigenvalue weighted by molar-refractivity contribution is -0.114. The fraction of sp³-hybridized carbons (Fsp3) is 0.214. The summed E-state index contributed by atoms with van der Waals surface area (Å²) >= 11 is 1.73. The van der Waals surface area contributed by atoms with Gasteiger partial charge < -0.3 is 14.4 Å². The second-order valence-corrected chi connectivity index (χ2v) is 8.82. The summed E-state index contributed by atoms with van der Waals surface area (Å²) in [6, 6.07) is 25.6. The number of fused-ring (bicyclic) bond motifs is 1. The van der Waals surface area contributed by atoms with Gasteiger partial charge in [0.05, 0.1) is 13.2 Å². The Hall–Kier alpha value is -3.69. The van der Waals surface area contributed by atoms with Crippen LogP contribution in [0.5, 0.6) is 11.5 Å². The third-order valence-corrected chi connectivity index (χ3v) is 6.39. The number of anilines is 1. The summed E-state index contributed by atoms with van der Waals surface area (Å²) in [5.74, 6) is 1.76. The highest BCUT2D eigenvalue weighted by Gasteiger charge is 2.26. The molecular formula is C28H26N2O3S. The highest BCUT2D eigenvalue weighted by Crippen LogP contribution is 2.31. The molecule has 0 bridgehead atoms. The number of nitrogens with zero attached hydrogens (tertiary/aromatic N) is 2. The molecule has 0 atom stereocenters. The zero-order valence-electron chi connectivity index (χ0n) is 19.1. The van der Waals surface area contributed by atoms with Crippen molar-refractivity contribution in [1.82, 2.24) is 0 Å². The number of para-hydroxylation sites is 1. The Bertz CT molecular complexity index is 1220. The van der Waals surface area contributed by atoms with Gasteiger partial charge in [-0.3, -0.25) is 4.79 Å². The van der Waals surface area contributed by atoms with Gasteiger partial charge in [-0.1, -0.05) is 42.5 Å². The molecule has 1 aliphatic rings. The third kappa shape index (κ3) is 5.62. The van der Waals surface area contributed by atoms with Crippen molar-refractivity contribution in [2.24, 2.45) is 0 Å². The van der Waals surface area contributed by atoms with Crippen LogP contribution in [0.1, 0.15) is 18.1 Å². The first kappa shape index (κ1) is 23.5. The van der Waals surface area contributed by atoms with E-state index in [9.17, 15) is 10.1 Å². The Kier molecular flexibility index (Phi) is 7.90. The molecule has 0 N–H and O–H groups in total. The van der Waals surface area contributed by atoms with Crippen LogP contribution in [0.2, 0.25) is 0 Å². The van der Waals surface area contributed by atoms with E-state index < -0.39 is 0 Å². The zero-order chi connectivity index (χ0) is 23.8. The van der Waals surface area contributed by atoms with Gasteiger partial charge in [0.1, 0.15) is 11.6 Å². The molecule has 1 amide bonds. The lowest BCUT2D eigenvalue weighted by Crippen LogP contribution is -2.29. The van der Waals surface area contributed by atoms with E-state index in [-0.39, 0.29) is 11.5 Å². The quantitative estimate of drug-likeness (QED) is 0.172. The molecule has 5 nitrogen and oxygen atoms in total. The smallest absolute Gasteiger partial charge is 0.268 e. The lowest BCUT2D eigenvalue weighted by atomic mass is 10.1. The summed E-state index contributed by atoms with van der Waals surface area (Å²) in [5.41, 5.74) is 2.80. The molecule has 4 rings (SSSR count). The summed E-state index contributed by atoms with van der Waals surface area (Å²) in [7, 11) is 0. The van der Waals surface area contributed by atoms with Crippen LogP contribution in [0.4, 0.5) is 5.69 Å². The molecule has 0 radical (unpaired) electrons. The van der Waals surface area contributed by atoms with E-state index in [0.29, 0.717) is 36.8 Å². The minimum Gasteiger partial charge on any atom is -0.490 e. The summed E-state index contributed by atoms with van der Waals surface area (Å²) in [6.07, 6.45) is 2.41. The normalized spacial score (nSPS) is 12.7. The topological polar surface area (TPSA) is 62.6 Å². The lowest BCUT2D eigenvalue weighted by Gasteiger charge is -2.17. The monoisotopic (exact) mass is 470 g/mol. The molecule has 34 heavy (non-hydrogen) atoms. The average molecular weight is 471 g/mol. The molecule has 172 valence electrons. The molecule has 0 spiro atoms. The largest absolute Gasteiger partial charge is 0.490 e. The molecular weight excluding hydrogens is 444 g/mol.